The van der Waals surface area contributed by atoms with Crippen molar-refractivity contribution < 1.29 is 174 Å². The van der Waals surface area contributed by atoms with Crippen LogP contribution in [0.5, 0.6) is 0 Å². The molecule has 0 bridgehead atoms. The van der Waals surface area contributed by atoms with E-state index in [0.717, 1.165) is 10.8 Å². The Morgan fingerprint density at radius 2 is 1.64 bits per heavy atom. The Hall–Kier alpha value is 3.49. The van der Waals surface area contributed by atoms with Crippen molar-refractivity contribution in [2.75, 3.05) is 6.61 Å². The van der Waals surface area contributed by atoms with E-state index >= 15 is 0 Å². The summed E-state index contributed by atoms with van der Waals surface area (Å²) in [4.78, 5) is 68.1. The fraction of sp³-hybridized carbons (Fsp3) is 0.556. The van der Waals surface area contributed by atoms with E-state index in [2.05, 4.69) is 29.1 Å². The number of hydrogen-bond acceptors (Lipinski definition) is 14. The third-order valence-electron chi connectivity index (χ3n) is 3.24. The van der Waals surface area contributed by atoms with Crippen molar-refractivity contribution >= 4 is 39.4 Å². The molecule has 2 heterocycles. The molecule has 1 saturated heterocycles. The van der Waals surface area contributed by atoms with Gasteiger partial charge in [0.2, 0.25) is 0 Å². The molecule has 0 saturated carbocycles. The van der Waals surface area contributed by atoms with Gasteiger partial charge in [-0.3, -0.25) is 27.8 Å². The zero-order valence-corrected chi connectivity index (χ0v) is 29.9. The summed E-state index contributed by atoms with van der Waals surface area (Å²) < 4.78 is 49.5. The molecule has 0 radical (unpaired) electrons. The third-order valence-corrected chi connectivity index (χ3v) is 7.47. The average Bonchev–Trinajstić information content (AvgIpc) is 2.86. The minimum absolute atomic E-state index is 0. The molecule has 5 atom stereocenters. The maximum absolute atomic E-state index is 11.8. The molecule has 33 heavy (non-hydrogen) atoms. The molecule has 0 aromatic carbocycles. The van der Waals surface area contributed by atoms with Crippen LogP contribution in [0.4, 0.5) is 0 Å². The number of phosphoric acid groups is 3. The van der Waals surface area contributed by atoms with Gasteiger partial charge in [0.25, 0.3) is 21.2 Å². The van der Waals surface area contributed by atoms with Gasteiger partial charge in [-0.05, 0) is 15.9 Å². The van der Waals surface area contributed by atoms with Gasteiger partial charge in [-0.25, -0.2) is 9.11 Å². The van der Waals surface area contributed by atoms with Crippen LogP contribution in [0.1, 0.15) is 12.6 Å². The van der Waals surface area contributed by atoms with E-state index in [0.29, 0.717) is 0 Å². The summed E-state index contributed by atoms with van der Waals surface area (Å²) in [5, 5.41) is 9.92. The number of rotatable bonds is 8. The van der Waals surface area contributed by atoms with Crippen molar-refractivity contribution in [2.24, 2.45) is 0 Å². The number of aliphatic hydroxyl groups excluding tert-OH is 1. The number of aliphatic hydroxyl groups is 1. The first kappa shape index (κ1) is 41.0. The fourth-order valence-corrected chi connectivity index (χ4v) is 5.34. The van der Waals surface area contributed by atoms with Crippen LogP contribution in [-0.2, 0) is 31.6 Å². The Labute approximate surface area is 282 Å². The number of phosphoric ester groups is 1. The minimum atomic E-state index is -6.12. The SMILES string of the molecule is O=c1[nH]c(=O)n(C2CC(O)C(COP(=O)([O-])OP(=O)([O-])OP(=O)([O-])[O-])O2)cc1Br.[Na+].[Na+].[Na+].[Na+]. The van der Waals surface area contributed by atoms with Crippen LogP contribution < -0.4 is 149 Å². The second-order valence-electron chi connectivity index (χ2n) is 5.38. The second-order valence-corrected chi connectivity index (χ2v) is 10.5. The minimum Gasteiger partial charge on any atom is -0.790 e. The number of halogens is 1. The third kappa shape index (κ3) is 13.9. The summed E-state index contributed by atoms with van der Waals surface area (Å²) in [6, 6.07) is 0. The van der Waals surface area contributed by atoms with E-state index < -0.39 is 59.8 Å². The predicted molar refractivity (Wildman–Crippen MR) is 84.5 cm³/mol. The number of H-pyrrole nitrogens is 1. The first-order valence-electron chi connectivity index (χ1n) is 7.14. The van der Waals surface area contributed by atoms with Gasteiger partial charge in [-0.2, -0.15) is 0 Å². The first-order valence-corrected chi connectivity index (χ1v) is 12.3. The molecule has 1 aliphatic rings. The van der Waals surface area contributed by atoms with Crippen molar-refractivity contribution in [3.63, 3.8) is 0 Å². The van der Waals surface area contributed by atoms with E-state index in [1.807, 2.05) is 4.98 Å². The summed E-state index contributed by atoms with van der Waals surface area (Å²) in [6.07, 6.45) is -3.11. The quantitative estimate of drug-likeness (QED) is 0.199. The topological polar surface area (TPSA) is 255 Å². The number of ether oxygens (including phenoxy) is 1. The maximum Gasteiger partial charge on any atom is 1.00 e. The van der Waals surface area contributed by atoms with Crippen molar-refractivity contribution in [1.82, 2.24) is 9.55 Å². The average molecular weight is 635 g/mol. The van der Waals surface area contributed by atoms with Gasteiger partial charge in [0.05, 0.1) is 25.0 Å². The van der Waals surface area contributed by atoms with Crippen molar-refractivity contribution in [3.8, 4) is 0 Å². The number of nitrogens with zero attached hydrogens (tertiary/aromatic N) is 1. The molecular formula is C9H10BrN2Na4O14P3. The molecule has 1 fully saturated rings. The molecular weight excluding hydrogens is 625 g/mol. The number of aromatic amines is 1. The van der Waals surface area contributed by atoms with Crippen LogP contribution in [0.2, 0.25) is 0 Å². The number of nitrogens with one attached hydrogen (secondary N) is 1. The summed E-state index contributed by atoms with van der Waals surface area (Å²) >= 11 is 2.89. The molecule has 2 N–H and O–H groups in total. The second kappa shape index (κ2) is 16.6. The Bertz CT molecular complexity index is 1030. The Balaban J connectivity index is -0.00000225. The molecule has 166 valence electrons. The molecule has 1 aromatic heterocycles. The van der Waals surface area contributed by atoms with Gasteiger partial charge >= 0.3 is 124 Å². The van der Waals surface area contributed by atoms with Crippen LogP contribution in [0, 0.1) is 0 Å². The van der Waals surface area contributed by atoms with Crippen LogP contribution in [0.3, 0.4) is 0 Å². The predicted octanol–water partition coefficient (Wildman–Crippen LogP) is -15.2. The zero-order chi connectivity index (χ0) is 22.2. The summed E-state index contributed by atoms with van der Waals surface area (Å²) in [5.41, 5.74) is -1.61. The van der Waals surface area contributed by atoms with Gasteiger partial charge in [0, 0.05) is 12.6 Å². The monoisotopic (exact) mass is 634 g/mol. The van der Waals surface area contributed by atoms with Gasteiger partial charge in [-0.1, -0.05) is 0 Å². The van der Waals surface area contributed by atoms with Gasteiger partial charge in [-0.15, -0.1) is 0 Å². The summed E-state index contributed by atoms with van der Waals surface area (Å²) in [7, 11) is -18.0. The van der Waals surface area contributed by atoms with E-state index in [9.17, 15) is 48.0 Å². The summed E-state index contributed by atoms with van der Waals surface area (Å²) in [5.74, 6) is 0. The van der Waals surface area contributed by atoms with E-state index in [1.165, 1.54) is 0 Å². The molecule has 0 amide bonds. The van der Waals surface area contributed by atoms with Crippen LogP contribution in [0.25, 0.3) is 0 Å². The number of aromatic nitrogens is 2. The van der Waals surface area contributed by atoms with E-state index in [4.69, 9.17) is 4.74 Å². The van der Waals surface area contributed by atoms with Gasteiger partial charge < -0.3 is 38.5 Å². The van der Waals surface area contributed by atoms with Crippen molar-refractivity contribution in [1.29, 1.82) is 0 Å². The molecule has 24 heteroatoms. The fourth-order valence-electron chi connectivity index (χ4n) is 2.16. The van der Waals surface area contributed by atoms with Crippen LogP contribution in [0.15, 0.2) is 20.3 Å². The van der Waals surface area contributed by atoms with Crippen LogP contribution in [-0.4, -0.2) is 33.5 Å². The van der Waals surface area contributed by atoms with Crippen molar-refractivity contribution in [3.05, 3.63) is 31.5 Å². The van der Waals surface area contributed by atoms with Crippen LogP contribution >= 0.6 is 39.4 Å². The molecule has 0 spiro atoms. The summed E-state index contributed by atoms with van der Waals surface area (Å²) in [6.45, 7) is -1.01. The molecule has 1 aliphatic heterocycles. The zero-order valence-electron chi connectivity index (χ0n) is 17.6. The maximum atomic E-state index is 11.8. The first-order chi connectivity index (χ1) is 13.1. The van der Waals surface area contributed by atoms with Gasteiger partial charge in [0.1, 0.15) is 12.3 Å². The molecule has 16 nitrogen and oxygen atoms in total. The number of hydrogen-bond donors (Lipinski definition) is 2. The normalized spacial score (nSPS) is 23.5. The Morgan fingerprint density at radius 3 is 2.15 bits per heavy atom. The molecule has 0 aliphatic carbocycles. The largest absolute Gasteiger partial charge is 1.00 e. The van der Waals surface area contributed by atoms with E-state index in [1.54, 1.807) is 0 Å². The molecule has 2 rings (SSSR count). The van der Waals surface area contributed by atoms with E-state index in [-0.39, 0.29) is 129 Å². The molecule has 5 unspecified atom stereocenters. The smallest absolute Gasteiger partial charge is 0.790 e. The standard InChI is InChI=1S/C9H14BrN2O14P3.4Na/c10-4-2-12(9(15)11-8(4)14)7-1-5(13)6(24-7)3-23-28(19,20)26-29(21,22)25-27(16,17)18;;;;/h2,5-7,13H,1,3H2,(H,19,20)(H,21,22)(H,11,14,15)(H2,16,17,18);;;;/q;4*+1/p-4. The molecule has 1 aromatic rings. The van der Waals surface area contributed by atoms with Gasteiger partial charge in [0.15, 0.2) is 0 Å². The Morgan fingerprint density at radius 1 is 1.09 bits per heavy atom. The van der Waals surface area contributed by atoms with Crippen molar-refractivity contribution in [2.45, 2.75) is 24.9 Å². The Kier molecular flexibility index (Phi) is 20.6.